The molecule has 0 spiro atoms. The summed E-state index contributed by atoms with van der Waals surface area (Å²) in [6, 6.07) is 1.73. The summed E-state index contributed by atoms with van der Waals surface area (Å²) in [5.41, 5.74) is 0.410. The van der Waals surface area contributed by atoms with Crippen molar-refractivity contribution in [1.29, 1.82) is 0 Å². The van der Waals surface area contributed by atoms with Gasteiger partial charge in [0.2, 0.25) is 0 Å². The van der Waals surface area contributed by atoms with E-state index in [1.807, 2.05) is 0 Å². The molecule has 3 atom stereocenters. The minimum atomic E-state index is 0.410. The van der Waals surface area contributed by atoms with E-state index in [1.165, 1.54) is 71.0 Å². The summed E-state index contributed by atoms with van der Waals surface area (Å²) >= 11 is 0. The van der Waals surface area contributed by atoms with Crippen LogP contribution in [-0.4, -0.2) is 49.8 Å². The Bertz CT molecular complexity index is 336. The molecule has 0 aromatic heterocycles. The van der Waals surface area contributed by atoms with Gasteiger partial charge < -0.3 is 10.1 Å². The molecule has 3 unspecified atom stereocenters. The Morgan fingerprint density at radius 2 is 2.00 bits per heavy atom. The highest BCUT2D eigenvalue weighted by Crippen LogP contribution is 2.40. The zero-order valence-corrected chi connectivity index (χ0v) is 12.8. The molecule has 2 saturated carbocycles. The Labute approximate surface area is 123 Å². The van der Waals surface area contributed by atoms with Crippen molar-refractivity contribution in [1.82, 2.24) is 10.2 Å². The lowest BCUT2D eigenvalue weighted by molar-refractivity contribution is 0.0490. The smallest absolute Gasteiger partial charge is 0.0547 e. The summed E-state index contributed by atoms with van der Waals surface area (Å²) in [6.45, 7) is 5.78. The van der Waals surface area contributed by atoms with Gasteiger partial charge in [-0.05, 0) is 57.4 Å². The number of hydrogen-bond acceptors (Lipinski definition) is 3. The molecule has 4 rings (SSSR count). The second-order valence-corrected chi connectivity index (χ2v) is 7.83. The number of nitrogens with one attached hydrogen (secondary N) is 1. The normalized spacial score (nSPS) is 42.0. The van der Waals surface area contributed by atoms with Crippen molar-refractivity contribution < 1.29 is 4.74 Å². The molecular formula is C17H30N2O. The van der Waals surface area contributed by atoms with Crippen LogP contribution in [0.3, 0.4) is 0 Å². The van der Waals surface area contributed by atoms with E-state index in [1.54, 1.807) is 0 Å². The second kappa shape index (κ2) is 5.58. The molecule has 3 nitrogen and oxygen atoms in total. The van der Waals surface area contributed by atoms with Crippen molar-refractivity contribution in [3.63, 3.8) is 0 Å². The fourth-order valence-corrected chi connectivity index (χ4v) is 4.80. The van der Waals surface area contributed by atoms with Crippen LogP contribution in [0, 0.1) is 11.3 Å². The van der Waals surface area contributed by atoms with Crippen LogP contribution in [0.1, 0.15) is 51.4 Å². The highest BCUT2D eigenvalue weighted by atomic mass is 16.5. The summed E-state index contributed by atoms with van der Waals surface area (Å²) in [6.07, 6.45) is 11.4. The maximum Gasteiger partial charge on any atom is 0.0547 e. The number of ether oxygens (including phenoxy) is 1. The van der Waals surface area contributed by atoms with Gasteiger partial charge >= 0.3 is 0 Å². The Hall–Kier alpha value is -0.120. The first kappa shape index (κ1) is 13.5. The number of piperidine rings is 1. The molecule has 0 aromatic carbocycles. The van der Waals surface area contributed by atoms with Gasteiger partial charge in [-0.25, -0.2) is 0 Å². The molecular weight excluding hydrogens is 248 g/mol. The minimum absolute atomic E-state index is 0.410. The van der Waals surface area contributed by atoms with E-state index in [-0.39, 0.29) is 0 Å². The van der Waals surface area contributed by atoms with Gasteiger partial charge in [-0.1, -0.05) is 6.42 Å². The summed E-state index contributed by atoms with van der Waals surface area (Å²) < 4.78 is 5.80. The fraction of sp³-hybridized carbons (Fsp3) is 1.00. The Morgan fingerprint density at radius 1 is 1.10 bits per heavy atom. The third-order valence-electron chi connectivity index (χ3n) is 6.17. The summed E-state index contributed by atoms with van der Waals surface area (Å²) in [4.78, 5) is 2.85. The maximum absolute atomic E-state index is 5.80. The first-order valence-electron chi connectivity index (χ1n) is 8.90. The maximum atomic E-state index is 5.80. The van der Waals surface area contributed by atoms with Gasteiger partial charge in [-0.15, -0.1) is 0 Å². The summed E-state index contributed by atoms with van der Waals surface area (Å²) in [5.74, 6) is 1.01. The van der Waals surface area contributed by atoms with E-state index in [0.717, 1.165) is 31.2 Å². The monoisotopic (exact) mass is 278 g/mol. The topological polar surface area (TPSA) is 24.5 Å². The Morgan fingerprint density at radius 3 is 2.80 bits per heavy atom. The van der Waals surface area contributed by atoms with Gasteiger partial charge in [0, 0.05) is 37.2 Å². The van der Waals surface area contributed by atoms with Gasteiger partial charge in [0.15, 0.2) is 0 Å². The molecule has 0 amide bonds. The second-order valence-electron chi connectivity index (χ2n) is 7.83. The molecule has 2 saturated heterocycles. The SMILES string of the molecule is C1CC2CCCN(CC3(CNC4CC4)CCOC3)C2C1. The third-order valence-corrected chi connectivity index (χ3v) is 6.17. The Balaban J connectivity index is 1.41. The number of likely N-dealkylation sites (tertiary alicyclic amines) is 1. The van der Waals surface area contributed by atoms with Crippen LogP contribution in [0.2, 0.25) is 0 Å². The van der Waals surface area contributed by atoms with Crippen LogP contribution >= 0.6 is 0 Å². The van der Waals surface area contributed by atoms with Gasteiger partial charge in [0.25, 0.3) is 0 Å². The van der Waals surface area contributed by atoms with Crippen molar-refractivity contribution in [2.75, 3.05) is 32.8 Å². The van der Waals surface area contributed by atoms with Crippen molar-refractivity contribution >= 4 is 0 Å². The van der Waals surface area contributed by atoms with Crippen LogP contribution in [-0.2, 0) is 4.74 Å². The van der Waals surface area contributed by atoms with Gasteiger partial charge in [0.1, 0.15) is 0 Å². The van der Waals surface area contributed by atoms with E-state index < -0.39 is 0 Å². The molecule has 4 aliphatic rings. The van der Waals surface area contributed by atoms with E-state index in [9.17, 15) is 0 Å². The predicted molar refractivity (Wildman–Crippen MR) is 80.8 cm³/mol. The number of rotatable bonds is 5. The average Bonchev–Trinajstić information content (AvgIpc) is 2.98. The molecule has 2 aliphatic carbocycles. The lowest BCUT2D eigenvalue weighted by atomic mass is 9.83. The fourth-order valence-electron chi connectivity index (χ4n) is 4.80. The molecule has 0 aromatic rings. The van der Waals surface area contributed by atoms with Crippen LogP contribution in [0.4, 0.5) is 0 Å². The van der Waals surface area contributed by atoms with Crippen molar-refractivity contribution in [3.05, 3.63) is 0 Å². The van der Waals surface area contributed by atoms with E-state index in [0.29, 0.717) is 5.41 Å². The molecule has 4 fully saturated rings. The first-order valence-corrected chi connectivity index (χ1v) is 8.90. The molecule has 114 valence electrons. The van der Waals surface area contributed by atoms with Crippen molar-refractivity contribution in [3.8, 4) is 0 Å². The van der Waals surface area contributed by atoms with Crippen LogP contribution < -0.4 is 5.32 Å². The molecule has 0 bridgehead atoms. The van der Waals surface area contributed by atoms with Gasteiger partial charge in [0.05, 0.1) is 6.61 Å². The molecule has 3 heteroatoms. The molecule has 2 heterocycles. The largest absolute Gasteiger partial charge is 0.381 e. The first-order chi connectivity index (χ1) is 9.85. The standard InChI is InChI=1S/C17H30N2O/c1-3-14-4-2-9-19(16(14)5-1)12-17(8-10-20-13-17)11-18-15-6-7-15/h14-16,18H,1-13H2. The minimum Gasteiger partial charge on any atom is -0.381 e. The quantitative estimate of drug-likeness (QED) is 0.836. The molecule has 20 heavy (non-hydrogen) atoms. The zero-order valence-electron chi connectivity index (χ0n) is 12.8. The van der Waals surface area contributed by atoms with Crippen LogP contribution in [0.5, 0.6) is 0 Å². The average molecular weight is 278 g/mol. The van der Waals surface area contributed by atoms with E-state index >= 15 is 0 Å². The summed E-state index contributed by atoms with van der Waals surface area (Å²) in [7, 11) is 0. The lowest BCUT2D eigenvalue weighted by Gasteiger charge is -2.43. The number of fused-ring (bicyclic) bond motifs is 1. The van der Waals surface area contributed by atoms with Crippen molar-refractivity contribution in [2.24, 2.45) is 11.3 Å². The van der Waals surface area contributed by atoms with Gasteiger partial charge in [-0.2, -0.15) is 0 Å². The number of nitrogens with zero attached hydrogens (tertiary/aromatic N) is 1. The predicted octanol–water partition coefficient (Wildman–Crippen LogP) is 2.41. The number of hydrogen-bond donors (Lipinski definition) is 1. The van der Waals surface area contributed by atoms with Gasteiger partial charge in [-0.3, -0.25) is 4.90 Å². The van der Waals surface area contributed by atoms with E-state index in [4.69, 9.17) is 4.74 Å². The zero-order chi connectivity index (χ0) is 13.4. The highest BCUT2D eigenvalue weighted by molar-refractivity contribution is 4.96. The molecule has 0 radical (unpaired) electrons. The lowest BCUT2D eigenvalue weighted by Crippen LogP contribution is -2.51. The van der Waals surface area contributed by atoms with Crippen LogP contribution in [0.25, 0.3) is 0 Å². The molecule has 2 aliphatic heterocycles. The third kappa shape index (κ3) is 2.77. The summed E-state index contributed by atoms with van der Waals surface area (Å²) in [5, 5.41) is 3.78. The molecule has 1 N–H and O–H groups in total. The highest BCUT2D eigenvalue weighted by Gasteiger charge is 2.42. The Kier molecular flexibility index (Phi) is 3.78. The van der Waals surface area contributed by atoms with Crippen molar-refractivity contribution in [2.45, 2.75) is 63.5 Å². The van der Waals surface area contributed by atoms with Crippen LogP contribution in [0.15, 0.2) is 0 Å². The van der Waals surface area contributed by atoms with E-state index in [2.05, 4.69) is 10.2 Å².